The minimum absolute atomic E-state index is 0.0240. The Balaban J connectivity index is 2.05. The summed E-state index contributed by atoms with van der Waals surface area (Å²) in [7, 11) is -0.122. The molecule has 4 nitrogen and oxygen atoms in total. The van der Waals surface area contributed by atoms with Crippen LogP contribution in [0.1, 0.15) is 43.2 Å². The Labute approximate surface area is 127 Å². The van der Waals surface area contributed by atoms with Crippen LogP contribution in [-0.2, 0) is 22.2 Å². The SMILES string of the molecule is CN(C)S(=O)(=O)N1Cc2ccccc2C2(CCCCC2)C1. The lowest BCUT2D eigenvalue weighted by molar-refractivity contribution is 0.200. The van der Waals surface area contributed by atoms with Crippen LogP contribution in [0, 0.1) is 0 Å². The Morgan fingerprint density at radius 3 is 2.43 bits per heavy atom. The maximum Gasteiger partial charge on any atom is 0.281 e. The zero-order chi connectivity index (χ0) is 15.1. The quantitative estimate of drug-likeness (QED) is 0.842. The number of benzene rings is 1. The minimum Gasteiger partial charge on any atom is -0.195 e. The van der Waals surface area contributed by atoms with Crippen molar-refractivity contribution in [1.29, 1.82) is 0 Å². The van der Waals surface area contributed by atoms with Crippen molar-refractivity contribution in [3.8, 4) is 0 Å². The van der Waals surface area contributed by atoms with Crippen molar-refractivity contribution in [3.63, 3.8) is 0 Å². The van der Waals surface area contributed by atoms with Gasteiger partial charge in [0.1, 0.15) is 0 Å². The summed E-state index contributed by atoms with van der Waals surface area (Å²) in [5.41, 5.74) is 2.59. The Bertz CT molecular complexity index is 619. The molecule has 0 unspecified atom stereocenters. The first-order valence-electron chi connectivity index (χ1n) is 7.72. The number of nitrogens with zero attached hydrogens (tertiary/aromatic N) is 2. The zero-order valence-corrected chi connectivity index (χ0v) is 13.7. The summed E-state index contributed by atoms with van der Waals surface area (Å²) in [4.78, 5) is 0. The molecule has 1 aliphatic carbocycles. The predicted molar refractivity (Wildman–Crippen MR) is 84.2 cm³/mol. The number of rotatable bonds is 2. The van der Waals surface area contributed by atoms with Crippen LogP contribution >= 0.6 is 0 Å². The second-order valence-electron chi connectivity index (χ2n) is 6.56. The highest BCUT2D eigenvalue weighted by Crippen LogP contribution is 2.45. The van der Waals surface area contributed by atoms with Gasteiger partial charge in [-0.2, -0.15) is 17.0 Å². The van der Waals surface area contributed by atoms with Crippen molar-refractivity contribution < 1.29 is 8.42 Å². The highest BCUT2D eigenvalue weighted by molar-refractivity contribution is 7.86. The summed E-state index contributed by atoms with van der Waals surface area (Å²) in [6.45, 7) is 1.13. The number of hydrogen-bond acceptors (Lipinski definition) is 2. The molecule has 1 fully saturated rings. The molecule has 1 spiro atoms. The van der Waals surface area contributed by atoms with E-state index in [-0.39, 0.29) is 5.41 Å². The van der Waals surface area contributed by atoms with Gasteiger partial charge in [-0.05, 0) is 24.0 Å². The molecule has 0 bridgehead atoms. The first-order valence-corrected chi connectivity index (χ1v) is 9.11. The molecule has 0 radical (unpaired) electrons. The molecule has 1 aromatic rings. The van der Waals surface area contributed by atoms with Crippen molar-refractivity contribution in [2.75, 3.05) is 20.6 Å². The molecule has 1 heterocycles. The van der Waals surface area contributed by atoms with Gasteiger partial charge in [0.25, 0.3) is 10.2 Å². The Morgan fingerprint density at radius 2 is 1.76 bits per heavy atom. The second kappa shape index (κ2) is 5.38. The van der Waals surface area contributed by atoms with E-state index in [9.17, 15) is 8.42 Å². The van der Waals surface area contributed by atoms with Gasteiger partial charge in [-0.15, -0.1) is 0 Å². The highest BCUT2D eigenvalue weighted by atomic mass is 32.2. The van der Waals surface area contributed by atoms with E-state index in [2.05, 4.69) is 18.2 Å². The molecule has 0 saturated heterocycles. The van der Waals surface area contributed by atoms with Gasteiger partial charge < -0.3 is 0 Å². The van der Waals surface area contributed by atoms with E-state index in [4.69, 9.17) is 0 Å². The first kappa shape index (κ1) is 15.0. The van der Waals surface area contributed by atoms with Crippen LogP contribution in [0.2, 0.25) is 0 Å². The maximum atomic E-state index is 12.6. The first-order chi connectivity index (χ1) is 9.96. The topological polar surface area (TPSA) is 40.6 Å². The van der Waals surface area contributed by atoms with Crippen LogP contribution < -0.4 is 0 Å². The fraction of sp³-hybridized carbons (Fsp3) is 0.625. The molecule has 0 aromatic heterocycles. The normalized spacial score (nSPS) is 22.4. The van der Waals surface area contributed by atoms with Crippen LogP contribution in [-0.4, -0.2) is 37.7 Å². The molecular weight excluding hydrogens is 284 g/mol. The lowest BCUT2D eigenvalue weighted by Crippen LogP contribution is -2.51. The minimum atomic E-state index is -3.35. The number of hydrogen-bond donors (Lipinski definition) is 0. The van der Waals surface area contributed by atoms with Gasteiger partial charge in [-0.25, -0.2) is 0 Å². The van der Waals surface area contributed by atoms with Gasteiger partial charge >= 0.3 is 0 Å². The molecule has 5 heteroatoms. The Hall–Kier alpha value is -0.910. The molecule has 116 valence electrons. The van der Waals surface area contributed by atoms with Gasteiger partial charge in [0.05, 0.1) is 0 Å². The van der Waals surface area contributed by atoms with Gasteiger partial charge in [0.15, 0.2) is 0 Å². The van der Waals surface area contributed by atoms with E-state index in [0.29, 0.717) is 13.1 Å². The predicted octanol–water partition coefficient (Wildman–Crippen LogP) is 2.51. The average molecular weight is 308 g/mol. The smallest absolute Gasteiger partial charge is 0.195 e. The maximum absolute atomic E-state index is 12.6. The molecule has 1 aliphatic heterocycles. The van der Waals surface area contributed by atoms with Crippen LogP contribution in [0.25, 0.3) is 0 Å². The monoisotopic (exact) mass is 308 g/mol. The average Bonchev–Trinajstić information content (AvgIpc) is 2.48. The molecule has 1 aromatic carbocycles. The highest BCUT2D eigenvalue weighted by Gasteiger charge is 2.43. The molecule has 21 heavy (non-hydrogen) atoms. The third kappa shape index (κ3) is 2.51. The van der Waals surface area contributed by atoms with E-state index in [1.807, 2.05) is 6.07 Å². The van der Waals surface area contributed by atoms with Crippen LogP contribution in [0.3, 0.4) is 0 Å². The van der Waals surface area contributed by atoms with E-state index in [0.717, 1.165) is 12.8 Å². The molecule has 0 N–H and O–H groups in total. The third-order valence-corrected chi connectivity index (χ3v) is 6.85. The van der Waals surface area contributed by atoms with E-state index in [1.54, 1.807) is 18.4 Å². The van der Waals surface area contributed by atoms with Crippen molar-refractivity contribution >= 4 is 10.2 Å². The van der Waals surface area contributed by atoms with Gasteiger partial charge in [0, 0.05) is 32.6 Å². The van der Waals surface area contributed by atoms with Crippen LogP contribution in [0.15, 0.2) is 24.3 Å². The standard InChI is InChI=1S/C16H24N2O2S/c1-17(2)21(19,20)18-12-14-8-4-5-9-15(14)16(13-18)10-6-3-7-11-16/h4-5,8-9H,3,6-7,10-13H2,1-2H3. The lowest BCUT2D eigenvalue weighted by atomic mass is 9.66. The summed E-state index contributed by atoms with van der Waals surface area (Å²) >= 11 is 0. The molecular formula is C16H24N2O2S. The van der Waals surface area contributed by atoms with Gasteiger partial charge in [-0.3, -0.25) is 0 Å². The second-order valence-corrected chi connectivity index (χ2v) is 8.70. The van der Waals surface area contributed by atoms with Crippen molar-refractivity contribution in [1.82, 2.24) is 8.61 Å². The molecule has 3 rings (SSSR count). The van der Waals surface area contributed by atoms with E-state index < -0.39 is 10.2 Å². The third-order valence-electron chi connectivity index (χ3n) is 5.01. The van der Waals surface area contributed by atoms with E-state index in [1.165, 1.54) is 34.7 Å². The summed E-state index contributed by atoms with van der Waals surface area (Å²) in [5, 5.41) is 0. The lowest BCUT2D eigenvalue weighted by Gasteiger charge is -2.46. The molecule has 0 atom stereocenters. The van der Waals surface area contributed by atoms with Gasteiger partial charge in [0.2, 0.25) is 0 Å². The fourth-order valence-corrected chi connectivity index (χ4v) is 5.07. The number of fused-ring (bicyclic) bond motifs is 2. The zero-order valence-electron chi connectivity index (χ0n) is 12.9. The largest absolute Gasteiger partial charge is 0.281 e. The molecule has 1 saturated carbocycles. The van der Waals surface area contributed by atoms with Crippen molar-refractivity contribution in [2.45, 2.75) is 44.1 Å². The summed E-state index contributed by atoms with van der Waals surface area (Å²) in [6, 6.07) is 8.40. The Morgan fingerprint density at radius 1 is 1.10 bits per heavy atom. The van der Waals surface area contributed by atoms with Crippen molar-refractivity contribution in [3.05, 3.63) is 35.4 Å². The fourth-order valence-electron chi connectivity index (χ4n) is 3.89. The molecule has 2 aliphatic rings. The van der Waals surface area contributed by atoms with Gasteiger partial charge in [-0.1, -0.05) is 43.5 Å². The van der Waals surface area contributed by atoms with Crippen LogP contribution in [0.4, 0.5) is 0 Å². The summed E-state index contributed by atoms with van der Waals surface area (Å²) in [6.07, 6.45) is 5.87. The van der Waals surface area contributed by atoms with E-state index >= 15 is 0 Å². The van der Waals surface area contributed by atoms with Crippen molar-refractivity contribution in [2.24, 2.45) is 0 Å². The van der Waals surface area contributed by atoms with Crippen LogP contribution in [0.5, 0.6) is 0 Å². The Kier molecular flexibility index (Phi) is 3.84. The summed E-state index contributed by atoms with van der Waals surface area (Å²) < 4.78 is 28.1. The summed E-state index contributed by atoms with van der Waals surface area (Å²) in [5.74, 6) is 0. The molecule has 0 amide bonds.